The number of hydrogen-bond donors (Lipinski definition) is 0. The number of benzene rings is 2. The highest BCUT2D eigenvalue weighted by Crippen LogP contribution is 2.28. The second-order valence-electron chi connectivity index (χ2n) is 4.01. The van der Waals surface area contributed by atoms with Gasteiger partial charge in [0.1, 0.15) is 12.4 Å². The van der Waals surface area contributed by atoms with Gasteiger partial charge in [-0.2, -0.15) is 0 Å². The zero-order valence-corrected chi connectivity index (χ0v) is 12.3. The molecule has 5 nitrogen and oxygen atoms in total. The van der Waals surface area contributed by atoms with Gasteiger partial charge in [-0.05, 0) is 35.9 Å². The van der Waals surface area contributed by atoms with Crippen LogP contribution in [0.5, 0.6) is 11.5 Å². The highest BCUT2D eigenvalue weighted by molar-refractivity contribution is 9.10. The van der Waals surface area contributed by atoms with Crippen LogP contribution in [0, 0.1) is 10.1 Å². The summed E-state index contributed by atoms with van der Waals surface area (Å²) in [4.78, 5) is 10.5. The third-order valence-corrected chi connectivity index (χ3v) is 3.19. The number of rotatable bonds is 5. The molecule has 0 aromatic heterocycles. The number of nitro groups is 1. The first-order chi connectivity index (χ1) is 9.60. The lowest BCUT2D eigenvalue weighted by atomic mass is 10.2. The Morgan fingerprint density at radius 3 is 2.50 bits per heavy atom. The van der Waals surface area contributed by atoms with Gasteiger partial charge in [-0.1, -0.05) is 22.0 Å². The van der Waals surface area contributed by atoms with E-state index in [0.717, 1.165) is 4.47 Å². The molecule has 0 aliphatic rings. The van der Waals surface area contributed by atoms with Gasteiger partial charge < -0.3 is 9.47 Å². The van der Waals surface area contributed by atoms with Crippen LogP contribution in [-0.4, -0.2) is 12.0 Å². The number of nitrogens with zero attached hydrogens (tertiary/aromatic N) is 1. The van der Waals surface area contributed by atoms with Crippen molar-refractivity contribution in [1.29, 1.82) is 0 Å². The maximum absolute atomic E-state index is 10.9. The molecule has 0 amide bonds. The van der Waals surface area contributed by atoms with Gasteiger partial charge in [-0.3, -0.25) is 10.1 Å². The molecule has 0 radical (unpaired) electrons. The van der Waals surface area contributed by atoms with Crippen molar-refractivity contribution in [2.24, 2.45) is 0 Å². The Bertz CT molecular complexity index is 613. The SMILES string of the molecule is COc1ccc(COc2ccc(Br)cc2)cc1[N+](=O)[O-]. The maximum atomic E-state index is 10.9. The van der Waals surface area contributed by atoms with Crippen molar-refractivity contribution >= 4 is 21.6 Å². The van der Waals surface area contributed by atoms with E-state index in [2.05, 4.69) is 15.9 Å². The lowest BCUT2D eigenvalue weighted by Gasteiger charge is -2.07. The summed E-state index contributed by atoms with van der Waals surface area (Å²) >= 11 is 3.34. The van der Waals surface area contributed by atoms with E-state index in [4.69, 9.17) is 9.47 Å². The van der Waals surface area contributed by atoms with Crippen LogP contribution >= 0.6 is 15.9 Å². The summed E-state index contributed by atoms with van der Waals surface area (Å²) in [7, 11) is 1.40. The van der Waals surface area contributed by atoms with Crippen molar-refractivity contribution in [2.45, 2.75) is 6.61 Å². The summed E-state index contributed by atoms with van der Waals surface area (Å²) in [6, 6.07) is 12.1. The van der Waals surface area contributed by atoms with Crippen LogP contribution in [0.4, 0.5) is 5.69 Å². The van der Waals surface area contributed by atoms with Crippen LogP contribution in [0.15, 0.2) is 46.9 Å². The third-order valence-electron chi connectivity index (χ3n) is 2.66. The van der Waals surface area contributed by atoms with Gasteiger partial charge >= 0.3 is 5.69 Å². The number of halogens is 1. The molecule has 2 rings (SSSR count). The van der Waals surface area contributed by atoms with Crippen molar-refractivity contribution in [3.05, 3.63) is 62.6 Å². The topological polar surface area (TPSA) is 61.6 Å². The van der Waals surface area contributed by atoms with Crippen molar-refractivity contribution in [2.75, 3.05) is 7.11 Å². The highest BCUT2D eigenvalue weighted by Gasteiger charge is 2.15. The number of methoxy groups -OCH3 is 1. The van der Waals surface area contributed by atoms with Crippen LogP contribution in [-0.2, 0) is 6.61 Å². The predicted molar refractivity (Wildman–Crippen MR) is 78.1 cm³/mol. The van der Waals surface area contributed by atoms with Crippen LogP contribution in [0.25, 0.3) is 0 Å². The monoisotopic (exact) mass is 337 g/mol. The van der Waals surface area contributed by atoms with E-state index in [-0.39, 0.29) is 18.0 Å². The number of hydrogen-bond acceptors (Lipinski definition) is 4. The molecule has 2 aromatic rings. The van der Waals surface area contributed by atoms with E-state index < -0.39 is 4.92 Å². The zero-order valence-electron chi connectivity index (χ0n) is 10.7. The first-order valence-corrected chi connectivity index (χ1v) is 6.59. The summed E-state index contributed by atoms with van der Waals surface area (Å²) in [5.74, 6) is 0.939. The Hall–Kier alpha value is -2.08. The number of nitro benzene ring substituents is 1. The molecule has 0 spiro atoms. The summed E-state index contributed by atoms with van der Waals surface area (Å²) < 4.78 is 11.5. The molecule has 20 heavy (non-hydrogen) atoms. The minimum atomic E-state index is -0.470. The Morgan fingerprint density at radius 2 is 1.90 bits per heavy atom. The zero-order chi connectivity index (χ0) is 14.5. The molecule has 2 aromatic carbocycles. The second kappa shape index (κ2) is 6.38. The van der Waals surface area contributed by atoms with Crippen LogP contribution in [0.3, 0.4) is 0 Å². The average Bonchev–Trinajstić information content (AvgIpc) is 2.46. The quantitative estimate of drug-likeness (QED) is 0.612. The Balaban J connectivity index is 2.11. The molecule has 0 N–H and O–H groups in total. The van der Waals surface area contributed by atoms with E-state index in [0.29, 0.717) is 11.3 Å². The summed E-state index contributed by atoms with van der Waals surface area (Å²) in [5.41, 5.74) is 0.643. The molecule has 0 saturated heterocycles. The molecule has 0 bridgehead atoms. The average molecular weight is 338 g/mol. The molecule has 0 aliphatic carbocycles. The summed E-state index contributed by atoms with van der Waals surface area (Å²) in [6.07, 6.45) is 0. The first kappa shape index (κ1) is 14.3. The van der Waals surface area contributed by atoms with Gasteiger partial charge in [-0.25, -0.2) is 0 Å². The van der Waals surface area contributed by atoms with Crippen LogP contribution < -0.4 is 9.47 Å². The van der Waals surface area contributed by atoms with Gasteiger partial charge in [-0.15, -0.1) is 0 Å². The van der Waals surface area contributed by atoms with Crippen molar-refractivity contribution in [3.63, 3.8) is 0 Å². The molecule has 0 aliphatic heterocycles. The van der Waals surface area contributed by atoms with Crippen molar-refractivity contribution < 1.29 is 14.4 Å². The summed E-state index contributed by atoms with van der Waals surface area (Å²) in [6.45, 7) is 0.256. The highest BCUT2D eigenvalue weighted by atomic mass is 79.9. The summed E-state index contributed by atoms with van der Waals surface area (Å²) in [5, 5.41) is 10.9. The smallest absolute Gasteiger partial charge is 0.311 e. The molecular weight excluding hydrogens is 326 g/mol. The molecule has 6 heteroatoms. The second-order valence-corrected chi connectivity index (χ2v) is 4.92. The van der Waals surface area contributed by atoms with Crippen molar-refractivity contribution in [3.8, 4) is 11.5 Å². The van der Waals surface area contributed by atoms with Gasteiger partial charge in [0.05, 0.1) is 12.0 Å². The maximum Gasteiger partial charge on any atom is 0.311 e. The Kier molecular flexibility index (Phi) is 4.57. The standard InChI is InChI=1S/C14H12BrNO4/c1-19-14-7-2-10(8-13(14)16(17)18)9-20-12-5-3-11(15)4-6-12/h2-8H,9H2,1H3. The van der Waals surface area contributed by atoms with E-state index in [1.807, 2.05) is 24.3 Å². The molecule has 0 unspecified atom stereocenters. The van der Waals surface area contributed by atoms with Crippen LogP contribution in [0.2, 0.25) is 0 Å². The minimum Gasteiger partial charge on any atom is -0.490 e. The van der Waals surface area contributed by atoms with E-state index in [1.165, 1.54) is 13.2 Å². The van der Waals surface area contributed by atoms with Crippen molar-refractivity contribution in [1.82, 2.24) is 0 Å². The molecule has 104 valence electrons. The van der Waals surface area contributed by atoms with Crippen LogP contribution in [0.1, 0.15) is 5.56 Å². The molecule has 0 saturated carbocycles. The fraction of sp³-hybridized carbons (Fsp3) is 0.143. The van der Waals surface area contributed by atoms with E-state index in [1.54, 1.807) is 12.1 Å². The normalized spacial score (nSPS) is 10.1. The lowest BCUT2D eigenvalue weighted by molar-refractivity contribution is -0.385. The van der Waals surface area contributed by atoms with Gasteiger partial charge in [0.2, 0.25) is 0 Å². The molecule has 0 fully saturated rings. The van der Waals surface area contributed by atoms with Gasteiger partial charge in [0, 0.05) is 10.5 Å². The Morgan fingerprint density at radius 1 is 1.20 bits per heavy atom. The molecule has 0 heterocycles. The Labute approximate surface area is 124 Å². The van der Waals surface area contributed by atoms with Gasteiger partial charge in [0.15, 0.2) is 5.75 Å². The lowest BCUT2D eigenvalue weighted by Crippen LogP contribution is -1.99. The predicted octanol–water partition coefficient (Wildman–Crippen LogP) is 3.94. The first-order valence-electron chi connectivity index (χ1n) is 5.80. The van der Waals surface area contributed by atoms with E-state index >= 15 is 0 Å². The molecule has 0 atom stereocenters. The van der Waals surface area contributed by atoms with Gasteiger partial charge in [0.25, 0.3) is 0 Å². The number of ether oxygens (including phenoxy) is 2. The molecular formula is C14H12BrNO4. The third kappa shape index (κ3) is 3.48. The van der Waals surface area contributed by atoms with E-state index in [9.17, 15) is 10.1 Å². The minimum absolute atomic E-state index is 0.0654. The fourth-order valence-corrected chi connectivity index (χ4v) is 1.93. The largest absolute Gasteiger partial charge is 0.490 e. The fourth-order valence-electron chi connectivity index (χ4n) is 1.67.